The zero-order valence-electron chi connectivity index (χ0n) is 13.1. The van der Waals surface area contributed by atoms with Crippen LogP contribution in [0.2, 0.25) is 0 Å². The van der Waals surface area contributed by atoms with Gasteiger partial charge < -0.3 is 20.4 Å². The van der Waals surface area contributed by atoms with Crippen molar-refractivity contribution < 1.29 is 4.79 Å². The van der Waals surface area contributed by atoms with Crippen LogP contribution in [0.3, 0.4) is 0 Å². The molecule has 23 heavy (non-hydrogen) atoms. The van der Waals surface area contributed by atoms with Gasteiger partial charge in [-0.05, 0) is 31.3 Å². The number of nitrogens with zero attached hydrogens (tertiary/aromatic N) is 4. The van der Waals surface area contributed by atoms with Crippen molar-refractivity contribution in [3.8, 4) is 0 Å². The number of carbonyl (C=O) groups excluding carboxylic acids is 1. The van der Waals surface area contributed by atoms with Gasteiger partial charge in [-0.2, -0.15) is 0 Å². The Morgan fingerprint density at radius 3 is 2.39 bits per heavy atom. The number of anilines is 3. The van der Waals surface area contributed by atoms with Crippen LogP contribution >= 0.6 is 0 Å². The fourth-order valence-electron chi connectivity index (χ4n) is 2.41. The van der Waals surface area contributed by atoms with E-state index in [1.54, 1.807) is 30.7 Å². The van der Waals surface area contributed by atoms with Crippen LogP contribution < -0.4 is 15.5 Å². The number of piperazine rings is 1. The Balaban J connectivity index is 1.56. The van der Waals surface area contributed by atoms with Crippen molar-refractivity contribution in [3.63, 3.8) is 0 Å². The third kappa shape index (κ3) is 4.17. The molecule has 0 spiro atoms. The number of likely N-dealkylation sites (N-methyl/N-ethyl adjacent to an activating group) is 1. The third-order valence-corrected chi connectivity index (χ3v) is 3.75. The smallest absolute Gasteiger partial charge is 0.323 e. The Kier molecular flexibility index (Phi) is 4.68. The van der Waals surface area contributed by atoms with Crippen molar-refractivity contribution in [3.05, 3.63) is 42.9 Å². The summed E-state index contributed by atoms with van der Waals surface area (Å²) in [5.41, 5.74) is 1.30. The van der Waals surface area contributed by atoms with Crippen LogP contribution in [-0.4, -0.2) is 54.1 Å². The Labute approximate surface area is 135 Å². The Morgan fingerprint density at radius 2 is 1.78 bits per heavy atom. The predicted molar refractivity (Wildman–Crippen MR) is 90.8 cm³/mol. The van der Waals surface area contributed by atoms with Gasteiger partial charge in [-0.25, -0.2) is 9.78 Å². The van der Waals surface area contributed by atoms with Crippen LogP contribution in [0.4, 0.5) is 22.0 Å². The molecule has 0 radical (unpaired) electrons. The number of amides is 2. The number of carbonyl (C=O) groups is 1. The fraction of sp³-hybridized carbons (Fsp3) is 0.312. The molecule has 2 aromatic heterocycles. The largest absolute Gasteiger partial charge is 0.354 e. The van der Waals surface area contributed by atoms with Crippen LogP contribution in [-0.2, 0) is 0 Å². The number of hydrogen-bond acceptors (Lipinski definition) is 5. The highest BCUT2D eigenvalue weighted by molar-refractivity contribution is 5.99. The molecule has 0 atom stereocenters. The topological polar surface area (TPSA) is 73.4 Å². The lowest BCUT2D eigenvalue weighted by atomic mass is 10.3. The quantitative estimate of drug-likeness (QED) is 0.905. The summed E-state index contributed by atoms with van der Waals surface area (Å²) in [4.78, 5) is 24.9. The molecule has 3 rings (SSSR count). The molecule has 0 aliphatic carbocycles. The number of pyridine rings is 2. The molecule has 1 aliphatic heterocycles. The second kappa shape index (κ2) is 7.06. The second-order valence-electron chi connectivity index (χ2n) is 5.52. The van der Waals surface area contributed by atoms with Gasteiger partial charge in [0.1, 0.15) is 5.82 Å². The molecular formula is C16H20N6O. The first kappa shape index (κ1) is 15.2. The van der Waals surface area contributed by atoms with Crippen LogP contribution in [0, 0.1) is 0 Å². The number of nitrogens with one attached hydrogen (secondary N) is 2. The summed E-state index contributed by atoms with van der Waals surface area (Å²) in [5.74, 6) is 0.941. The Bertz CT molecular complexity index is 637. The molecule has 2 amide bonds. The Hall–Kier alpha value is -2.67. The molecule has 3 heterocycles. The maximum absolute atomic E-state index is 11.9. The van der Waals surface area contributed by atoms with E-state index >= 15 is 0 Å². The number of hydrogen-bond donors (Lipinski definition) is 2. The standard InChI is InChI=1S/C16H20N6O/c1-21-7-9-22(10-8-21)15-5-4-14(12-18-15)20-16(23)19-13-3-2-6-17-11-13/h2-6,11-12H,7-10H2,1H3,(H2,19,20,23). The van der Waals surface area contributed by atoms with E-state index in [0.717, 1.165) is 32.0 Å². The molecule has 120 valence electrons. The lowest BCUT2D eigenvalue weighted by molar-refractivity contribution is 0.262. The average Bonchev–Trinajstić information content (AvgIpc) is 2.57. The zero-order valence-corrected chi connectivity index (χ0v) is 13.1. The highest BCUT2D eigenvalue weighted by atomic mass is 16.2. The molecule has 0 saturated carbocycles. The van der Waals surface area contributed by atoms with Gasteiger partial charge >= 0.3 is 6.03 Å². The first-order chi connectivity index (χ1) is 11.2. The molecule has 2 aromatic rings. The van der Waals surface area contributed by atoms with Gasteiger partial charge in [0.05, 0.1) is 23.8 Å². The lowest BCUT2D eigenvalue weighted by Gasteiger charge is -2.33. The van der Waals surface area contributed by atoms with Crippen LogP contribution in [0.1, 0.15) is 0 Å². The maximum Gasteiger partial charge on any atom is 0.323 e. The van der Waals surface area contributed by atoms with Crippen LogP contribution in [0.25, 0.3) is 0 Å². The molecule has 1 saturated heterocycles. The van der Waals surface area contributed by atoms with Crippen molar-refractivity contribution in [2.24, 2.45) is 0 Å². The molecule has 7 heteroatoms. The molecule has 1 fully saturated rings. The minimum Gasteiger partial charge on any atom is -0.354 e. The van der Waals surface area contributed by atoms with Gasteiger partial charge in [0.25, 0.3) is 0 Å². The highest BCUT2D eigenvalue weighted by Crippen LogP contribution is 2.16. The molecule has 2 N–H and O–H groups in total. The van der Waals surface area contributed by atoms with Crippen molar-refractivity contribution in [2.45, 2.75) is 0 Å². The summed E-state index contributed by atoms with van der Waals surface area (Å²) in [6.07, 6.45) is 4.93. The van der Waals surface area contributed by atoms with Gasteiger partial charge in [0.2, 0.25) is 0 Å². The molecule has 1 aliphatic rings. The van der Waals surface area contributed by atoms with Crippen molar-refractivity contribution in [1.29, 1.82) is 0 Å². The summed E-state index contributed by atoms with van der Waals surface area (Å²) in [5, 5.41) is 5.48. The van der Waals surface area contributed by atoms with Crippen LogP contribution in [0.15, 0.2) is 42.9 Å². The van der Waals surface area contributed by atoms with Gasteiger partial charge in [-0.3, -0.25) is 4.98 Å². The van der Waals surface area contributed by atoms with Gasteiger partial charge in [-0.1, -0.05) is 0 Å². The molecule has 0 bridgehead atoms. The number of rotatable bonds is 3. The normalized spacial score (nSPS) is 15.3. The van der Waals surface area contributed by atoms with E-state index in [0.29, 0.717) is 11.4 Å². The van der Waals surface area contributed by atoms with Crippen molar-refractivity contribution in [2.75, 3.05) is 48.8 Å². The van der Waals surface area contributed by atoms with Crippen molar-refractivity contribution >= 4 is 23.2 Å². The summed E-state index contributed by atoms with van der Waals surface area (Å²) in [6, 6.07) is 7.03. The van der Waals surface area contributed by atoms with E-state index in [2.05, 4.69) is 37.4 Å². The number of aromatic nitrogens is 2. The fourth-order valence-corrected chi connectivity index (χ4v) is 2.41. The van der Waals surface area contributed by atoms with Crippen molar-refractivity contribution in [1.82, 2.24) is 14.9 Å². The molecule has 0 aromatic carbocycles. The molecular weight excluding hydrogens is 292 g/mol. The van der Waals surface area contributed by atoms with E-state index in [-0.39, 0.29) is 6.03 Å². The highest BCUT2D eigenvalue weighted by Gasteiger charge is 2.15. The second-order valence-corrected chi connectivity index (χ2v) is 5.52. The predicted octanol–water partition coefficient (Wildman–Crippen LogP) is 1.87. The SMILES string of the molecule is CN1CCN(c2ccc(NC(=O)Nc3cccnc3)cn2)CC1. The van der Waals surface area contributed by atoms with Gasteiger partial charge in [-0.15, -0.1) is 0 Å². The lowest BCUT2D eigenvalue weighted by Crippen LogP contribution is -2.44. The van der Waals surface area contributed by atoms with E-state index in [4.69, 9.17) is 0 Å². The average molecular weight is 312 g/mol. The summed E-state index contributed by atoms with van der Waals surface area (Å²) in [7, 11) is 2.12. The number of urea groups is 1. The minimum absolute atomic E-state index is 0.313. The third-order valence-electron chi connectivity index (χ3n) is 3.75. The maximum atomic E-state index is 11.9. The first-order valence-corrected chi connectivity index (χ1v) is 7.58. The van der Waals surface area contributed by atoms with E-state index in [9.17, 15) is 4.79 Å². The van der Waals surface area contributed by atoms with E-state index in [1.807, 2.05) is 12.1 Å². The Morgan fingerprint density at radius 1 is 1.04 bits per heavy atom. The summed E-state index contributed by atoms with van der Waals surface area (Å²) in [6.45, 7) is 4.01. The summed E-state index contributed by atoms with van der Waals surface area (Å²) < 4.78 is 0. The van der Waals surface area contributed by atoms with Crippen LogP contribution in [0.5, 0.6) is 0 Å². The van der Waals surface area contributed by atoms with Gasteiger partial charge in [0, 0.05) is 32.4 Å². The molecule has 7 nitrogen and oxygen atoms in total. The van der Waals surface area contributed by atoms with E-state index < -0.39 is 0 Å². The zero-order chi connectivity index (χ0) is 16.1. The van der Waals surface area contributed by atoms with E-state index in [1.165, 1.54) is 0 Å². The minimum atomic E-state index is -0.313. The summed E-state index contributed by atoms with van der Waals surface area (Å²) >= 11 is 0. The first-order valence-electron chi connectivity index (χ1n) is 7.58. The van der Waals surface area contributed by atoms with Gasteiger partial charge in [0.15, 0.2) is 0 Å². The molecule has 0 unspecified atom stereocenters. The monoisotopic (exact) mass is 312 g/mol.